The molecule has 0 atom stereocenters. The lowest BCUT2D eigenvalue weighted by atomic mass is 9.82. The van der Waals surface area contributed by atoms with Crippen LogP contribution in [0.4, 0.5) is 0 Å². The van der Waals surface area contributed by atoms with Crippen molar-refractivity contribution in [3.63, 3.8) is 0 Å². The first kappa shape index (κ1) is 15.9. The zero-order chi connectivity index (χ0) is 14.6. The smallest absolute Gasteiger partial charge is 0.240 e. The van der Waals surface area contributed by atoms with Crippen molar-refractivity contribution in [1.29, 1.82) is 0 Å². The molecule has 4 nitrogen and oxygen atoms in total. The lowest BCUT2D eigenvalue weighted by Crippen LogP contribution is -2.32. The van der Waals surface area contributed by atoms with Crippen LogP contribution in [0.15, 0.2) is 33.6 Å². The second-order valence-electron chi connectivity index (χ2n) is 5.43. The van der Waals surface area contributed by atoms with Gasteiger partial charge in [-0.25, -0.2) is 13.1 Å². The second kappa shape index (κ2) is 7.02. The molecule has 1 saturated carbocycles. The van der Waals surface area contributed by atoms with Crippen LogP contribution in [0, 0.1) is 11.8 Å². The van der Waals surface area contributed by atoms with E-state index in [9.17, 15) is 8.42 Å². The van der Waals surface area contributed by atoms with E-state index in [1.807, 2.05) is 0 Å². The number of hydrogen-bond donors (Lipinski definition) is 2. The van der Waals surface area contributed by atoms with E-state index in [4.69, 9.17) is 5.73 Å². The zero-order valence-electron chi connectivity index (χ0n) is 11.4. The highest BCUT2D eigenvalue weighted by Crippen LogP contribution is 2.27. The van der Waals surface area contributed by atoms with E-state index in [1.165, 1.54) is 0 Å². The zero-order valence-corrected chi connectivity index (χ0v) is 13.8. The van der Waals surface area contributed by atoms with Crippen molar-refractivity contribution in [2.24, 2.45) is 17.6 Å². The average Bonchev–Trinajstić information content (AvgIpc) is 2.46. The van der Waals surface area contributed by atoms with Gasteiger partial charge in [0.1, 0.15) is 0 Å². The molecule has 20 heavy (non-hydrogen) atoms. The summed E-state index contributed by atoms with van der Waals surface area (Å²) >= 11 is 3.30. The van der Waals surface area contributed by atoms with Crippen molar-refractivity contribution >= 4 is 26.0 Å². The van der Waals surface area contributed by atoms with Gasteiger partial charge < -0.3 is 5.73 Å². The van der Waals surface area contributed by atoms with Crippen LogP contribution in [0.3, 0.4) is 0 Å². The summed E-state index contributed by atoms with van der Waals surface area (Å²) in [5, 5.41) is 0. The topological polar surface area (TPSA) is 72.2 Å². The first-order valence-corrected chi connectivity index (χ1v) is 9.24. The van der Waals surface area contributed by atoms with Crippen LogP contribution in [0.2, 0.25) is 0 Å². The van der Waals surface area contributed by atoms with Crippen molar-refractivity contribution in [2.75, 3.05) is 13.1 Å². The molecule has 112 valence electrons. The molecule has 1 aromatic rings. The average molecular weight is 361 g/mol. The third-order valence-corrected chi connectivity index (χ3v) is 5.95. The Labute approximate surface area is 129 Å². The van der Waals surface area contributed by atoms with Gasteiger partial charge >= 0.3 is 0 Å². The number of sulfonamides is 1. The molecular formula is C14H21BrN2O2S. The van der Waals surface area contributed by atoms with Crippen LogP contribution < -0.4 is 10.5 Å². The van der Waals surface area contributed by atoms with Crippen molar-refractivity contribution in [1.82, 2.24) is 4.72 Å². The van der Waals surface area contributed by atoms with E-state index in [-0.39, 0.29) is 0 Å². The molecule has 1 fully saturated rings. The minimum Gasteiger partial charge on any atom is -0.330 e. The summed E-state index contributed by atoms with van der Waals surface area (Å²) in [6, 6.07) is 6.69. The molecule has 0 heterocycles. The summed E-state index contributed by atoms with van der Waals surface area (Å²) in [5.41, 5.74) is 5.66. The minimum atomic E-state index is -3.39. The van der Waals surface area contributed by atoms with E-state index in [2.05, 4.69) is 20.7 Å². The molecule has 0 aromatic heterocycles. The van der Waals surface area contributed by atoms with Gasteiger partial charge in [-0.15, -0.1) is 0 Å². The van der Waals surface area contributed by atoms with Gasteiger partial charge in [-0.2, -0.15) is 0 Å². The predicted octanol–water partition coefficient (Wildman–Crippen LogP) is 2.49. The van der Waals surface area contributed by atoms with E-state index in [0.29, 0.717) is 23.3 Å². The van der Waals surface area contributed by atoms with Gasteiger partial charge in [0.05, 0.1) is 4.90 Å². The van der Waals surface area contributed by atoms with Crippen LogP contribution in [-0.2, 0) is 10.0 Å². The standard InChI is InChI=1S/C14H21BrN2O2S/c15-13-5-7-14(8-6-13)20(18,19)17-10-12-3-1-11(9-16)2-4-12/h5-8,11-12,17H,1-4,9-10,16H2/t11-,12-. The molecule has 1 aliphatic carbocycles. The van der Waals surface area contributed by atoms with Crippen molar-refractivity contribution in [2.45, 2.75) is 30.6 Å². The van der Waals surface area contributed by atoms with Crippen molar-refractivity contribution < 1.29 is 8.42 Å². The summed E-state index contributed by atoms with van der Waals surface area (Å²) in [4.78, 5) is 0.316. The summed E-state index contributed by atoms with van der Waals surface area (Å²) in [6.45, 7) is 1.27. The number of benzene rings is 1. The fourth-order valence-electron chi connectivity index (χ4n) is 2.60. The predicted molar refractivity (Wildman–Crippen MR) is 83.8 cm³/mol. The largest absolute Gasteiger partial charge is 0.330 e. The van der Waals surface area contributed by atoms with Crippen LogP contribution >= 0.6 is 15.9 Å². The lowest BCUT2D eigenvalue weighted by molar-refractivity contribution is 0.280. The Morgan fingerprint density at radius 1 is 1.10 bits per heavy atom. The normalized spacial score (nSPS) is 23.7. The third-order valence-electron chi connectivity index (χ3n) is 3.99. The Balaban J connectivity index is 1.88. The summed E-state index contributed by atoms with van der Waals surface area (Å²) in [6.07, 6.45) is 4.35. The molecule has 0 amide bonds. The number of hydrogen-bond acceptors (Lipinski definition) is 3. The third kappa shape index (κ3) is 4.28. The Kier molecular flexibility index (Phi) is 5.60. The molecule has 3 N–H and O–H groups in total. The molecule has 0 bridgehead atoms. The van der Waals surface area contributed by atoms with Gasteiger partial charge in [-0.3, -0.25) is 0 Å². The monoisotopic (exact) mass is 360 g/mol. The first-order valence-electron chi connectivity index (χ1n) is 6.96. The number of rotatable bonds is 5. The fourth-order valence-corrected chi connectivity index (χ4v) is 3.98. The van der Waals surface area contributed by atoms with E-state index >= 15 is 0 Å². The van der Waals surface area contributed by atoms with E-state index in [0.717, 1.165) is 36.7 Å². The molecule has 0 radical (unpaired) electrons. The van der Waals surface area contributed by atoms with Crippen LogP contribution in [0.25, 0.3) is 0 Å². The molecular weight excluding hydrogens is 340 g/mol. The van der Waals surface area contributed by atoms with Crippen LogP contribution in [-0.4, -0.2) is 21.5 Å². The Morgan fingerprint density at radius 2 is 1.65 bits per heavy atom. The molecule has 0 saturated heterocycles. The van der Waals surface area contributed by atoms with Crippen LogP contribution in [0.5, 0.6) is 0 Å². The number of nitrogens with two attached hydrogens (primary N) is 1. The summed E-state index contributed by atoms with van der Waals surface area (Å²) in [7, 11) is -3.39. The summed E-state index contributed by atoms with van der Waals surface area (Å²) in [5.74, 6) is 1.05. The van der Waals surface area contributed by atoms with Gasteiger partial charge in [0, 0.05) is 11.0 Å². The highest BCUT2D eigenvalue weighted by Gasteiger charge is 2.22. The maximum atomic E-state index is 12.2. The van der Waals surface area contributed by atoms with E-state index in [1.54, 1.807) is 24.3 Å². The molecule has 1 aromatic carbocycles. The fraction of sp³-hybridized carbons (Fsp3) is 0.571. The van der Waals surface area contributed by atoms with E-state index < -0.39 is 10.0 Å². The summed E-state index contributed by atoms with van der Waals surface area (Å²) < 4.78 is 27.9. The molecule has 1 aliphatic rings. The van der Waals surface area contributed by atoms with Gasteiger partial charge in [0.2, 0.25) is 10.0 Å². The van der Waals surface area contributed by atoms with Gasteiger partial charge in [0.25, 0.3) is 0 Å². The maximum absolute atomic E-state index is 12.2. The van der Waals surface area contributed by atoms with Gasteiger partial charge in [-0.05, 0) is 68.3 Å². The van der Waals surface area contributed by atoms with Crippen molar-refractivity contribution in [3.8, 4) is 0 Å². The quantitative estimate of drug-likeness (QED) is 0.846. The SMILES string of the molecule is NC[C@H]1CC[C@H](CNS(=O)(=O)c2ccc(Br)cc2)CC1. The lowest BCUT2D eigenvalue weighted by Gasteiger charge is -2.27. The minimum absolute atomic E-state index is 0.316. The van der Waals surface area contributed by atoms with Gasteiger partial charge in [-0.1, -0.05) is 15.9 Å². The Bertz CT molecular complexity index is 523. The molecule has 2 rings (SSSR count). The Morgan fingerprint density at radius 3 is 2.20 bits per heavy atom. The number of nitrogens with one attached hydrogen (secondary N) is 1. The second-order valence-corrected chi connectivity index (χ2v) is 8.11. The molecule has 0 unspecified atom stereocenters. The highest BCUT2D eigenvalue weighted by molar-refractivity contribution is 9.10. The molecule has 0 spiro atoms. The van der Waals surface area contributed by atoms with Crippen LogP contribution in [0.1, 0.15) is 25.7 Å². The first-order chi connectivity index (χ1) is 9.51. The maximum Gasteiger partial charge on any atom is 0.240 e. The highest BCUT2D eigenvalue weighted by atomic mass is 79.9. The number of halogens is 1. The van der Waals surface area contributed by atoms with Gasteiger partial charge in [0.15, 0.2) is 0 Å². The molecule has 6 heteroatoms. The molecule has 0 aliphatic heterocycles. The Hall–Kier alpha value is -0.430. The van der Waals surface area contributed by atoms with Crippen molar-refractivity contribution in [3.05, 3.63) is 28.7 Å².